The molecule has 0 saturated heterocycles. The number of ether oxygens (including phenoxy) is 3. The molecule has 0 fully saturated rings. The van der Waals surface area contributed by atoms with E-state index in [9.17, 15) is 4.79 Å². The summed E-state index contributed by atoms with van der Waals surface area (Å²) in [5, 5.41) is 0. The summed E-state index contributed by atoms with van der Waals surface area (Å²) in [6, 6.07) is 7.92. The van der Waals surface area contributed by atoms with E-state index in [0.717, 1.165) is 12.2 Å². The highest BCUT2D eigenvalue weighted by molar-refractivity contribution is 14.1. The molecule has 112 valence electrons. The normalized spacial score (nSPS) is 10.3. The van der Waals surface area contributed by atoms with E-state index in [1.165, 1.54) is 5.56 Å². The molecule has 0 aromatic heterocycles. The van der Waals surface area contributed by atoms with Crippen molar-refractivity contribution in [1.29, 1.82) is 0 Å². The van der Waals surface area contributed by atoms with E-state index >= 15 is 0 Å². The minimum Gasteiger partial charge on any atom is -0.491 e. The van der Waals surface area contributed by atoms with Crippen LogP contribution in [0.15, 0.2) is 24.3 Å². The van der Waals surface area contributed by atoms with Crippen LogP contribution in [0, 0.1) is 6.92 Å². The zero-order chi connectivity index (χ0) is 14.6. The van der Waals surface area contributed by atoms with Gasteiger partial charge in [0.25, 0.3) is 5.91 Å². The van der Waals surface area contributed by atoms with E-state index in [-0.39, 0.29) is 12.5 Å². The number of amides is 1. The van der Waals surface area contributed by atoms with Gasteiger partial charge in [-0.05, 0) is 25.5 Å². The zero-order valence-electron chi connectivity index (χ0n) is 11.6. The summed E-state index contributed by atoms with van der Waals surface area (Å²) in [5.41, 5.74) is 1.21. The molecule has 0 unspecified atom stereocenters. The van der Waals surface area contributed by atoms with Crippen molar-refractivity contribution in [3.05, 3.63) is 29.8 Å². The Hall–Kier alpha value is -0.860. The Morgan fingerprint density at radius 2 is 1.80 bits per heavy atom. The second-order valence-corrected chi connectivity index (χ2v) is 4.74. The topological polar surface area (TPSA) is 56.8 Å². The van der Waals surface area contributed by atoms with Gasteiger partial charge in [0, 0.05) is 13.2 Å². The predicted octanol–water partition coefficient (Wildman–Crippen LogP) is 2.26. The first-order valence-corrected chi connectivity index (χ1v) is 7.54. The number of carbonyl (C=O) groups excluding carboxylic acids is 1. The van der Waals surface area contributed by atoms with Crippen molar-refractivity contribution < 1.29 is 19.0 Å². The Morgan fingerprint density at radius 1 is 1.10 bits per heavy atom. The Morgan fingerprint density at radius 3 is 2.50 bits per heavy atom. The third-order valence-corrected chi connectivity index (χ3v) is 3.03. The fourth-order valence-corrected chi connectivity index (χ4v) is 1.57. The SMILES string of the molecule is Cc1ccc(OCCOCCCOCC(=O)NI)cc1. The molecule has 20 heavy (non-hydrogen) atoms. The molecule has 0 bridgehead atoms. The van der Waals surface area contributed by atoms with Crippen LogP contribution < -0.4 is 8.27 Å². The lowest BCUT2D eigenvalue weighted by Crippen LogP contribution is -2.19. The molecule has 6 heteroatoms. The minimum atomic E-state index is -0.127. The van der Waals surface area contributed by atoms with Crippen LogP contribution >= 0.6 is 22.9 Å². The van der Waals surface area contributed by atoms with Crippen LogP contribution in [0.25, 0.3) is 0 Å². The lowest BCUT2D eigenvalue weighted by atomic mass is 10.2. The first kappa shape index (κ1) is 17.2. The van der Waals surface area contributed by atoms with Gasteiger partial charge < -0.3 is 14.2 Å². The summed E-state index contributed by atoms with van der Waals surface area (Å²) >= 11 is 1.79. The smallest absolute Gasteiger partial charge is 0.254 e. The number of rotatable bonds is 10. The molecule has 0 aliphatic heterocycles. The lowest BCUT2D eigenvalue weighted by molar-refractivity contribution is -0.123. The molecule has 1 aromatic carbocycles. The third kappa shape index (κ3) is 8.34. The van der Waals surface area contributed by atoms with Gasteiger partial charge in [-0.25, -0.2) is 0 Å². The van der Waals surface area contributed by atoms with Crippen LogP contribution in [0.5, 0.6) is 5.75 Å². The van der Waals surface area contributed by atoms with Crippen molar-refractivity contribution in [3.8, 4) is 5.75 Å². The average molecular weight is 393 g/mol. The van der Waals surface area contributed by atoms with Crippen molar-refractivity contribution >= 4 is 28.8 Å². The van der Waals surface area contributed by atoms with Gasteiger partial charge in [0.2, 0.25) is 0 Å². The average Bonchev–Trinajstić information content (AvgIpc) is 2.47. The van der Waals surface area contributed by atoms with Crippen LogP contribution in [0.2, 0.25) is 0 Å². The number of hydrogen-bond donors (Lipinski definition) is 1. The molecular weight excluding hydrogens is 373 g/mol. The first-order chi connectivity index (χ1) is 9.72. The molecule has 1 N–H and O–H groups in total. The van der Waals surface area contributed by atoms with Crippen molar-refractivity contribution in [3.63, 3.8) is 0 Å². The molecule has 0 atom stereocenters. The summed E-state index contributed by atoms with van der Waals surface area (Å²) in [6.07, 6.45) is 0.763. The van der Waals surface area contributed by atoms with Crippen molar-refractivity contribution in [1.82, 2.24) is 3.53 Å². The summed E-state index contributed by atoms with van der Waals surface area (Å²) in [6.45, 7) is 4.33. The van der Waals surface area contributed by atoms with Gasteiger partial charge >= 0.3 is 0 Å². The van der Waals surface area contributed by atoms with Crippen molar-refractivity contribution in [2.24, 2.45) is 0 Å². The van der Waals surface area contributed by atoms with Gasteiger partial charge in [-0.15, -0.1) is 0 Å². The second kappa shape index (κ2) is 10.9. The van der Waals surface area contributed by atoms with E-state index in [0.29, 0.717) is 26.4 Å². The van der Waals surface area contributed by atoms with Gasteiger partial charge in [-0.2, -0.15) is 0 Å². The molecule has 1 aromatic rings. The maximum absolute atomic E-state index is 10.9. The summed E-state index contributed by atoms with van der Waals surface area (Å²) in [5.74, 6) is 0.727. The van der Waals surface area contributed by atoms with E-state index in [1.54, 1.807) is 22.9 Å². The van der Waals surface area contributed by atoms with Gasteiger partial charge in [-0.3, -0.25) is 8.32 Å². The highest BCUT2D eigenvalue weighted by Crippen LogP contribution is 2.10. The Bertz CT molecular complexity index is 383. The maximum atomic E-state index is 10.9. The quantitative estimate of drug-likeness (QED) is 0.377. The van der Waals surface area contributed by atoms with Gasteiger partial charge in [0.15, 0.2) is 0 Å². The molecule has 0 spiro atoms. The summed E-state index contributed by atoms with van der Waals surface area (Å²) in [4.78, 5) is 10.9. The van der Waals surface area contributed by atoms with E-state index in [4.69, 9.17) is 14.2 Å². The van der Waals surface area contributed by atoms with E-state index < -0.39 is 0 Å². The largest absolute Gasteiger partial charge is 0.491 e. The second-order valence-electron chi connectivity index (χ2n) is 4.20. The molecule has 0 heterocycles. The molecule has 5 nitrogen and oxygen atoms in total. The van der Waals surface area contributed by atoms with Crippen LogP contribution in [-0.2, 0) is 14.3 Å². The number of carbonyl (C=O) groups is 1. The fourth-order valence-electron chi connectivity index (χ4n) is 1.41. The highest BCUT2D eigenvalue weighted by Gasteiger charge is 1.98. The number of halogens is 1. The molecular formula is C14H20INO4. The van der Waals surface area contributed by atoms with E-state index in [2.05, 4.69) is 3.53 Å². The van der Waals surface area contributed by atoms with Crippen LogP contribution in [0.4, 0.5) is 0 Å². The van der Waals surface area contributed by atoms with Gasteiger partial charge in [0.05, 0.1) is 29.5 Å². The standard InChI is InChI=1S/C14H20INO4/c1-12-3-5-13(6-4-12)20-10-9-18-7-2-8-19-11-14(17)16-15/h3-6H,2,7-11H2,1H3,(H,16,17). The Kier molecular flexibility index (Phi) is 9.35. The van der Waals surface area contributed by atoms with Gasteiger partial charge in [-0.1, -0.05) is 17.7 Å². The summed E-state index contributed by atoms with van der Waals surface area (Å²) in [7, 11) is 0. The Labute approximate surface area is 133 Å². The first-order valence-electron chi connectivity index (χ1n) is 6.47. The fraction of sp³-hybridized carbons (Fsp3) is 0.500. The zero-order valence-corrected chi connectivity index (χ0v) is 13.7. The molecule has 1 amide bonds. The molecule has 0 aliphatic rings. The number of nitrogens with one attached hydrogen (secondary N) is 1. The third-order valence-electron chi connectivity index (χ3n) is 2.43. The number of hydrogen-bond acceptors (Lipinski definition) is 4. The molecule has 0 aliphatic carbocycles. The Balaban J connectivity index is 1.90. The summed E-state index contributed by atoms with van der Waals surface area (Å²) < 4.78 is 18.5. The minimum absolute atomic E-state index is 0.0967. The van der Waals surface area contributed by atoms with Crippen LogP contribution in [0.3, 0.4) is 0 Å². The molecule has 0 saturated carbocycles. The van der Waals surface area contributed by atoms with Crippen LogP contribution in [-0.4, -0.2) is 38.9 Å². The van der Waals surface area contributed by atoms with Crippen molar-refractivity contribution in [2.75, 3.05) is 33.0 Å². The van der Waals surface area contributed by atoms with Crippen LogP contribution in [0.1, 0.15) is 12.0 Å². The highest BCUT2D eigenvalue weighted by atomic mass is 127. The molecule has 0 radical (unpaired) electrons. The maximum Gasteiger partial charge on any atom is 0.254 e. The van der Waals surface area contributed by atoms with E-state index in [1.807, 2.05) is 31.2 Å². The lowest BCUT2D eigenvalue weighted by Gasteiger charge is -2.07. The monoisotopic (exact) mass is 393 g/mol. The van der Waals surface area contributed by atoms with Gasteiger partial charge in [0.1, 0.15) is 19.0 Å². The molecule has 1 rings (SSSR count). The number of benzene rings is 1. The number of aryl methyl sites for hydroxylation is 1. The predicted molar refractivity (Wildman–Crippen MR) is 85.1 cm³/mol. The van der Waals surface area contributed by atoms with Crippen molar-refractivity contribution in [2.45, 2.75) is 13.3 Å².